The lowest BCUT2D eigenvalue weighted by Crippen LogP contribution is -2.34. The van der Waals surface area contributed by atoms with E-state index in [1.54, 1.807) is 23.4 Å². The van der Waals surface area contributed by atoms with Crippen LogP contribution in [0.5, 0.6) is 0 Å². The van der Waals surface area contributed by atoms with Crippen LogP contribution in [0.1, 0.15) is 24.4 Å². The molecular formula is C15H14Cl2N4O. The van der Waals surface area contributed by atoms with Gasteiger partial charge in [-0.25, -0.2) is 9.78 Å². The van der Waals surface area contributed by atoms with E-state index in [0.29, 0.717) is 22.4 Å². The molecule has 0 spiro atoms. The van der Waals surface area contributed by atoms with Crippen LogP contribution >= 0.6 is 23.2 Å². The number of urea groups is 1. The van der Waals surface area contributed by atoms with Gasteiger partial charge in [0, 0.05) is 31.2 Å². The first-order chi connectivity index (χ1) is 10.6. The molecule has 2 aromatic rings. The smallest absolute Gasteiger partial charge is 0.317 e. The molecule has 3 rings (SSSR count). The van der Waals surface area contributed by atoms with Crippen molar-refractivity contribution in [2.45, 2.75) is 18.9 Å². The average molecular weight is 337 g/mol. The van der Waals surface area contributed by atoms with Crippen LogP contribution in [0.25, 0.3) is 0 Å². The second-order valence-electron chi connectivity index (χ2n) is 5.05. The lowest BCUT2D eigenvalue weighted by Gasteiger charge is -2.25. The minimum Gasteiger partial charge on any atom is -0.317 e. The van der Waals surface area contributed by atoms with Crippen molar-refractivity contribution in [1.29, 1.82) is 0 Å². The molecule has 2 amide bonds. The molecule has 0 bridgehead atoms. The number of likely N-dealkylation sites (tertiary alicyclic amines) is 1. The molecule has 1 N–H and O–H groups in total. The Labute approximate surface area is 138 Å². The van der Waals surface area contributed by atoms with Crippen LogP contribution in [0.3, 0.4) is 0 Å². The van der Waals surface area contributed by atoms with Crippen LogP contribution in [-0.2, 0) is 0 Å². The molecule has 1 aliphatic heterocycles. The molecule has 1 aliphatic rings. The number of aromatic nitrogens is 2. The largest absolute Gasteiger partial charge is 0.323 e. The highest BCUT2D eigenvalue weighted by Crippen LogP contribution is 2.32. The van der Waals surface area contributed by atoms with Gasteiger partial charge in [0.15, 0.2) is 0 Å². The van der Waals surface area contributed by atoms with E-state index in [9.17, 15) is 4.79 Å². The highest BCUT2D eigenvalue weighted by atomic mass is 35.5. The zero-order chi connectivity index (χ0) is 15.5. The van der Waals surface area contributed by atoms with E-state index in [2.05, 4.69) is 15.3 Å². The molecule has 114 valence electrons. The van der Waals surface area contributed by atoms with Gasteiger partial charge in [0.1, 0.15) is 5.82 Å². The Balaban J connectivity index is 1.75. The maximum absolute atomic E-state index is 12.5. The van der Waals surface area contributed by atoms with Crippen LogP contribution in [0.4, 0.5) is 10.6 Å². The number of carbonyl (C=O) groups excluding carboxylic acids is 1. The molecule has 5 nitrogen and oxygen atoms in total. The van der Waals surface area contributed by atoms with Crippen molar-refractivity contribution in [3.05, 3.63) is 52.4 Å². The van der Waals surface area contributed by atoms with Gasteiger partial charge in [-0.1, -0.05) is 23.2 Å². The Hall–Kier alpha value is -1.85. The molecule has 3 heterocycles. The summed E-state index contributed by atoms with van der Waals surface area (Å²) in [5.74, 6) is 0.389. The molecule has 0 radical (unpaired) electrons. The molecule has 7 heteroatoms. The maximum Gasteiger partial charge on any atom is 0.323 e. The number of hydrogen-bond donors (Lipinski definition) is 1. The standard InChI is InChI=1S/C15H14Cl2N4O/c16-11-8-14(19-9-12(11)17)20-15(22)21-7-1-2-13(21)10-3-5-18-6-4-10/h3-6,8-9,13H,1-2,7H2,(H,19,20,22). The summed E-state index contributed by atoms with van der Waals surface area (Å²) in [6, 6.07) is 5.29. The van der Waals surface area contributed by atoms with Gasteiger partial charge in [-0.05, 0) is 30.5 Å². The van der Waals surface area contributed by atoms with E-state index >= 15 is 0 Å². The summed E-state index contributed by atoms with van der Waals surface area (Å²) in [5.41, 5.74) is 1.09. The van der Waals surface area contributed by atoms with Gasteiger partial charge in [0.25, 0.3) is 0 Å². The summed E-state index contributed by atoms with van der Waals surface area (Å²) < 4.78 is 0. The van der Waals surface area contributed by atoms with Gasteiger partial charge < -0.3 is 4.90 Å². The molecule has 22 heavy (non-hydrogen) atoms. The van der Waals surface area contributed by atoms with Crippen molar-refractivity contribution in [2.24, 2.45) is 0 Å². The third kappa shape index (κ3) is 3.15. The van der Waals surface area contributed by atoms with Crippen LogP contribution in [0.2, 0.25) is 10.0 Å². The average Bonchev–Trinajstić information content (AvgIpc) is 3.01. The van der Waals surface area contributed by atoms with E-state index in [1.807, 2.05) is 12.1 Å². The summed E-state index contributed by atoms with van der Waals surface area (Å²) in [6.07, 6.45) is 6.81. The Morgan fingerprint density at radius 3 is 2.77 bits per heavy atom. The van der Waals surface area contributed by atoms with E-state index < -0.39 is 0 Å². The van der Waals surface area contributed by atoms with Crippen LogP contribution in [0.15, 0.2) is 36.8 Å². The normalized spacial score (nSPS) is 17.5. The zero-order valence-electron chi connectivity index (χ0n) is 11.7. The number of amides is 2. The minimum atomic E-state index is -0.190. The minimum absolute atomic E-state index is 0.0609. The van der Waals surface area contributed by atoms with E-state index in [4.69, 9.17) is 23.2 Å². The highest BCUT2D eigenvalue weighted by molar-refractivity contribution is 6.42. The number of nitrogens with one attached hydrogen (secondary N) is 1. The number of hydrogen-bond acceptors (Lipinski definition) is 3. The van der Waals surface area contributed by atoms with E-state index in [0.717, 1.165) is 18.4 Å². The van der Waals surface area contributed by atoms with Crippen molar-refractivity contribution in [3.63, 3.8) is 0 Å². The molecule has 2 aromatic heterocycles. The molecular weight excluding hydrogens is 323 g/mol. The van der Waals surface area contributed by atoms with Crippen molar-refractivity contribution < 1.29 is 4.79 Å². The second kappa shape index (κ2) is 6.50. The summed E-state index contributed by atoms with van der Waals surface area (Å²) in [4.78, 5) is 22.4. The third-order valence-corrected chi connectivity index (χ3v) is 4.36. The Kier molecular flexibility index (Phi) is 4.45. The fraction of sp³-hybridized carbons (Fsp3) is 0.267. The van der Waals surface area contributed by atoms with Gasteiger partial charge in [0.2, 0.25) is 0 Å². The van der Waals surface area contributed by atoms with Gasteiger partial charge in [-0.15, -0.1) is 0 Å². The molecule has 0 saturated carbocycles. The lowest BCUT2D eigenvalue weighted by atomic mass is 10.1. The fourth-order valence-corrected chi connectivity index (χ4v) is 2.86. The van der Waals surface area contributed by atoms with Gasteiger partial charge in [0.05, 0.1) is 16.1 Å². The van der Waals surface area contributed by atoms with Crippen LogP contribution in [-0.4, -0.2) is 27.4 Å². The van der Waals surface area contributed by atoms with Gasteiger partial charge in [-0.2, -0.15) is 0 Å². The van der Waals surface area contributed by atoms with Crippen LogP contribution < -0.4 is 5.32 Å². The zero-order valence-corrected chi connectivity index (χ0v) is 13.2. The molecule has 0 aliphatic carbocycles. The highest BCUT2D eigenvalue weighted by Gasteiger charge is 2.30. The van der Waals surface area contributed by atoms with Gasteiger partial charge >= 0.3 is 6.03 Å². The quantitative estimate of drug-likeness (QED) is 0.895. The van der Waals surface area contributed by atoms with E-state index in [1.165, 1.54) is 6.20 Å². The maximum atomic E-state index is 12.5. The molecule has 1 saturated heterocycles. The van der Waals surface area contributed by atoms with Crippen molar-refractivity contribution >= 4 is 35.1 Å². The van der Waals surface area contributed by atoms with E-state index in [-0.39, 0.29) is 12.1 Å². The number of pyridine rings is 2. The number of halogens is 2. The predicted octanol–water partition coefficient (Wildman–Crippen LogP) is 4.15. The predicted molar refractivity (Wildman–Crippen MR) is 86.2 cm³/mol. The lowest BCUT2D eigenvalue weighted by molar-refractivity contribution is 0.207. The first kappa shape index (κ1) is 15.1. The molecule has 1 fully saturated rings. The topological polar surface area (TPSA) is 58.1 Å². The van der Waals surface area contributed by atoms with Crippen molar-refractivity contribution in [2.75, 3.05) is 11.9 Å². The number of nitrogens with zero attached hydrogens (tertiary/aromatic N) is 3. The number of rotatable bonds is 2. The molecule has 1 unspecified atom stereocenters. The molecule has 1 atom stereocenters. The van der Waals surface area contributed by atoms with Crippen molar-refractivity contribution in [3.8, 4) is 0 Å². The van der Waals surface area contributed by atoms with Crippen molar-refractivity contribution in [1.82, 2.24) is 14.9 Å². The Morgan fingerprint density at radius 1 is 1.27 bits per heavy atom. The molecule has 0 aromatic carbocycles. The third-order valence-electron chi connectivity index (χ3n) is 3.65. The summed E-state index contributed by atoms with van der Waals surface area (Å²) in [6.45, 7) is 0.708. The Bertz CT molecular complexity index is 680. The second-order valence-corrected chi connectivity index (χ2v) is 5.86. The van der Waals surface area contributed by atoms with Gasteiger partial charge in [-0.3, -0.25) is 10.3 Å². The van der Waals surface area contributed by atoms with Crippen LogP contribution in [0, 0.1) is 0 Å². The number of carbonyl (C=O) groups is 1. The summed E-state index contributed by atoms with van der Waals surface area (Å²) >= 11 is 11.8. The first-order valence-electron chi connectivity index (χ1n) is 6.94. The number of anilines is 1. The first-order valence-corrected chi connectivity index (χ1v) is 7.69. The Morgan fingerprint density at radius 2 is 2.05 bits per heavy atom. The monoisotopic (exact) mass is 336 g/mol. The summed E-state index contributed by atoms with van der Waals surface area (Å²) in [7, 11) is 0. The fourth-order valence-electron chi connectivity index (χ4n) is 2.61. The SMILES string of the molecule is O=C(Nc1cc(Cl)c(Cl)cn1)N1CCCC1c1ccncc1. The summed E-state index contributed by atoms with van der Waals surface area (Å²) in [5, 5.41) is 3.49.